The van der Waals surface area contributed by atoms with E-state index in [9.17, 15) is 4.79 Å². The molecule has 0 atom stereocenters. The third-order valence-electron chi connectivity index (χ3n) is 3.76. The summed E-state index contributed by atoms with van der Waals surface area (Å²) in [5.41, 5.74) is 0. The van der Waals surface area contributed by atoms with Crippen LogP contribution in [0.4, 0.5) is 0 Å². The quantitative estimate of drug-likeness (QED) is 0.559. The Labute approximate surface area is 126 Å². The fourth-order valence-electron chi connectivity index (χ4n) is 2.48. The Balaban J connectivity index is 0. The fourth-order valence-corrected chi connectivity index (χ4v) is 7.45. The molecule has 19 heavy (non-hydrogen) atoms. The van der Waals surface area contributed by atoms with Crippen LogP contribution in [0.15, 0.2) is 0 Å². The summed E-state index contributed by atoms with van der Waals surface area (Å²) in [5.74, 6) is -0.608. The highest BCUT2D eigenvalue weighted by Crippen LogP contribution is 2.61. The molecule has 0 spiro atoms. The van der Waals surface area contributed by atoms with Crippen LogP contribution >= 0.6 is 7.26 Å². The van der Waals surface area contributed by atoms with Crippen molar-refractivity contribution in [1.82, 2.24) is 0 Å². The van der Waals surface area contributed by atoms with Crippen molar-refractivity contribution in [2.75, 3.05) is 24.6 Å². The van der Waals surface area contributed by atoms with Gasteiger partial charge in [-0.05, 0) is 19.3 Å². The monoisotopic (exact) mass is 310 g/mol. The Morgan fingerprint density at radius 2 is 1.21 bits per heavy atom. The number of unbranched alkanes of at least 4 members (excludes halogenated alkanes) is 3. The number of halogens is 1. The standard InChI is InChI=1S/C15H31O2P.ClH/c1-4-7-11-18(12-8-5-2,13-9-6-3)14-10-15(16)17;/h4-14H2,1-3H3;1H. The summed E-state index contributed by atoms with van der Waals surface area (Å²) >= 11 is 0. The molecular weight excluding hydrogens is 279 g/mol. The van der Waals surface area contributed by atoms with Crippen LogP contribution in [0, 0.1) is 0 Å². The molecule has 0 radical (unpaired) electrons. The molecule has 0 aliphatic heterocycles. The minimum absolute atomic E-state index is 0. The maximum atomic E-state index is 10.9. The van der Waals surface area contributed by atoms with E-state index in [1.54, 1.807) is 0 Å². The molecule has 0 rings (SSSR count). The van der Waals surface area contributed by atoms with Gasteiger partial charge in [0.2, 0.25) is 0 Å². The van der Waals surface area contributed by atoms with Crippen molar-refractivity contribution in [3.63, 3.8) is 0 Å². The Kier molecular flexibility index (Phi) is 14.9. The third-order valence-corrected chi connectivity index (χ3v) is 8.73. The van der Waals surface area contributed by atoms with Crippen molar-refractivity contribution < 1.29 is 22.3 Å². The average Bonchev–Trinajstić information content (AvgIpc) is 2.37. The van der Waals surface area contributed by atoms with Crippen molar-refractivity contribution in [3.05, 3.63) is 0 Å². The maximum Gasteiger partial charge on any atom is 0.307 e. The van der Waals surface area contributed by atoms with Gasteiger partial charge in [-0.15, -0.1) is 0 Å². The topological polar surface area (TPSA) is 37.3 Å². The van der Waals surface area contributed by atoms with Gasteiger partial charge < -0.3 is 17.5 Å². The summed E-state index contributed by atoms with van der Waals surface area (Å²) in [6.07, 6.45) is 13.0. The van der Waals surface area contributed by atoms with E-state index in [2.05, 4.69) is 20.8 Å². The SMILES string of the molecule is CCCC[P+](CCCC)(CCCC)CCC(=O)O.[Cl-]. The van der Waals surface area contributed by atoms with E-state index in [4.69, 9.17) is 5.11 Å². The van der Waals surface area contributed by atoms with Gasteiger partial charge in [0.1, 0.15) is 0 Å². The smallest absolute Gasteiger partial charge is 0.307 e. The van der Waals surface area contributed by atoms with E-state index >= 15 is 0 Å². The molecule has 0 saturated heterocycles. The number of hydrogen-bond acceptors (Lipinski definition) is 1. The summed E-state index contributed by atoms with van der Waals surface area (Å²) in [5, 5.41) is 8.97. The molecule has 1 N–H and O–H groups in total. The molecule has 116 valence electrons. The number of carbonyl (C=O) groups is 1. The van der Waals surface area contributed by atoms with Crippen molar-refractivity contribution in [3.8, 4) is 0 Å². The Morgan fingerprint density at radius 1 is 0.842 bits per heavy atom. The van der Waals surface area contributed by atoms with E-state index in [0.717, 1.165) is 6.16 Å². The van der Waals surface area contributed by atoms with Gasteiger partial charge in [-0.1, -0.05) is 40.0 Å². The minimum atomic E-state index is -0.980. The molecule has 0 fully saturated rings. The zero-order valence-electron chi connectivity index (χ0n) is 13.0. The van der Waals surface area contributed by atoms with Crippen LogP contribution in [0.5, 0.6) is 0 Å². The second kappa shape index (κ2) is 13.2. The Bertz CT molecular complexity index is 200. The number of carboxylic acid groups (broad SMARTS) is 1. The normalized spacial score (nSPS) is 11.1. The summed E-state index contributed by atoms with van der Waals surface area (Å²) in [7, 11) is -0.980. The van der Waals surface area contributed by atoms with Crippen LogP contribution in [-0.2, 0) is 4.79 Å². The maximum absolute atomic E-state index is 10.9. The highest BCUT2D eigenvalue weighted by molar-refractivity contribution is 7.75. The van der Waals surface area contributed by atoms with Gasteiger partial charge in [0, 0.05) is 7.26 Å². The largest absolute Gasteiger partial charge is 1.00 e. The molecule has 0 unspecified atom stereocenters. The van der Waals surface area contributed by atoms with Gasteiger partial charge in [0.05, 0.1) is 31.1 Å². The van der Waals surface area contributed by atoms with Gasteiger partial charge in [-0.2, -0.15) is 0 Å². The van der Waals surface area contributed by atoms with Crippen LogP contribution in [0.1, 0.15) is 65.7 Å². The molecule has 4 heteroatoms. The van der Waals surface area contributed by atoms with Crippen molar-refractivity contribution in [1.29, 1.82) is 0 Å². The van der Waals surface area contributed by atoms with Gasteiger partial charge in [0.15, 0.2) is 0 Å². The zero-order valence-corrected chi connectivity index (χ0v) is 14.6. The van der Waals surface area contributed by atoms with Gasteiger partial charge >= 0.3 is 5.97 Å². The highest BCUT2D eigenvalue weighted by Gasteiger charge is 2.35. The predicted octanol–water partition coefficient (Wildman–Crippen LogP) is 1.88. The Morgan fingerprint density at radius 3 is 1.47 bits per heavy atom. The Hall–Kier alpha value is 0.190. The van der Waals surface area contributed by atoms with Gasteiger partial charge in [-0.25, -0.2) is 0 Å². The molecule has 0 amide bonds. The molecular formula is C15H32ClO2P. The summed E-state index contributed by atoms with van der Waals surface area (Å²) in [4.78, 5) is 10.9. The average molecular weight is 311 g/mol. The van der Waals surface area contributed by atoms with E-state index < -0.39 is 13.2 Å². The van der Waals surface area contributed by atoms with Gasteiger partial charge in [0.25, 0.3) is 0 Å². The molecule has 2 nitrogen and oxygen atoms in total. The highest BCUT2D eigenvalue weighted by atomic mass is 35.5. The molecule has 0 aromatic rings. The van der Waals surface area contributed by atoms with E-state index in [-0.39, 0.29) is 12.4 Å². The lowest BCUT2D eigenvalue weighted by Crippen LogP contribution is -3.00. The molecule has 0 aliphatic rings. The molecule has 0 heterocycles. The molecule has 0 saturated carbocycles. The second-order valence-electron chi connectivity index (χ2n) is 5.44. The van der Waals surface area contributed by atoms with Crippen LogP contribution in [0.3, 0.4) is 0 Å². The minimum Gasteiger partial charge on any atom is -1.00 e. The van der Waals surface area contributed by atoms with Crippen LogP contribution in [0.25, 0.3) is 0 Å². The molecule has 0 aromatic heterocycles. The lowest BCUT2D eigenvalue weighted by atomic mass is 10.4. The molecule has 0 aromatic carbocycles. The second-order valence-corrected chi connectivity index (χ2v) is 9.91. The number of hydrogen-bond donors (Lipinski definition) is 1. The predicted molar refractivity (Wildman–Crippen MR) is 83.4 cm³/mol. The van der Waals surface area contributed by atoms with Crippen LogP contribution in [0.2, 0.25) is 0 Å². The first-order valence-electron chi connectivity index (χ1n) is 7.67. The first-order chi connectivity index (χ1) is 8.60. The number of aliphatic carboxylic acids is 1. The van der Waals surface area contributed by atoms with Gasteiger partial charge in [-0.3, -0.25) is 4.79 Å². The summed E-state index contributed by atoms with van der Waals surface area (Å²) in [6.45, 7) is 6.72. The van der Waals surface area contributed by atoms with Crippen molar-refractivity contribution >= 4 is 13.2 Å². The van der Waals surface area contributed by atoms with Crippen LogP contribution < -0.4 is 12.4 Å². The van der Waals surface area contributed by atoms with E-state index in [0.29, 0.717) is 6.42 Å². The summed E-state index contributed by atoms with van der Waals surface area (Å²) < 4.78 is 0. The lowest BCUT2D eigenvalue weighted by molar-refractivity contribution is -0.136. The van der Waals surface area contributed by atoms with E-state index in [1.807, 2.05) is 0 Å². The van der Waals surface area contributed by atoms with Crippen molar-refractivity contribution in [2.24, 2.45) is 0 Å². The number of rotatable bonds is 12. The lowest BCUT2D eigenvalue weighted by Gasteiger charge is -2.27. The fraction of sp³-hybridized carbons (Fsp3) is 0.933. The first kappa shape index (κ1) is 21.5. The van der Waals surface area contributed by atoms with E-state index in [1.165, 1.54) is 57.0 Å². The third kappa shape index (κ3) is 10.6. The zero-order chi connectivity index (χ0) is 13.9. The number of carboxylic acids is 1. The first-order valence-corrected chi connectivity index (χ1v) is 10.2. The molecule has 0 bridgehead atoms. The molecule has 0 aliphatic carbocycles. The summed E-state index contributed by atoms with van der Waals surface area (Å²) in [6, 6.07) is 0. The van der Waals surface area contributed by atoms with Crippen molar-refractivity contribution in [2.45, 2.75) is 65.7 Å². The van der Waals surface area contributed by atoms with Crippen LogP contribution in [-0.4, -0.2) is 35.7 Å².